The van der Waals surface area contributed by atoms with Gasteiger partial charge in [-0.2, -0.15) is 0 Å². The van der Waals surface area contributed by atoms with Gasteiger partial charge < -0.3 is 14.2 Å². The van der Waals surface area contributed by atoms with Crippen LogP contribution in [0.4, 0.5) is 13.2 Å². The normalized spacial score (nSPS) is 19.2. The predicted octanol–water partition coefficient (Wildman–Crippen LogP) is 2.73. The first kappa shape index (κ1) is 30.3. The fourth-order valence-corrected chi connectivity index (χ4v) is 6.82. The molecule has 2 aromatic rings. The summed E-state index contributed by atoms with van der Waals surface area (Å²) in [5.41, 5.74) is 1.69. The zero-order valence-corrected chi connectivity index (χ0v) is 22.4. The minimum absolute atomic E-state index is 0.0141. The minimum Gasteiger partial charge on any atom is -0.494 e. The van der Waals surface area contributed by atoms with Gasteiger partial charge in [0.05, 0.1) is 17.4 Å². The Kier molecular flexibility index (Phi) is 8.89. The van der Waals surface area contributed by atoms with Crippen molar-refractivity contribution in [2.75, 3.05) is 26.4 Å². The molecule has 0 radical (unpaired) electrons. The number of sulfone groups is 1. The molecular weight excluding hydrogens is 573 g/mol. The number of nitrogens with one attached hydrogen (secondary N) is 1. The molecule has 0 aliphatic carbocycles. The van der Waals surface area contributed by atoms with Gasteiger partial charge in [0.25, 0.3) is 5.91 Å². The van der Waals surface area contributed by atoms with Crippen LogP contribution in [0.1, 0.15) is 37.2 Å². The minimum atomic E-state index is -4.89. The van der Waals surface area contributed by atoms with Crippen molar-refractivity contribution in [3.05, 3.63) is 54.1 Å². The van der Waals surface area contributed by atoms with Crippen molar-refractivity contribution in [3.8, 4) is 11.5 Å². The summed E-state index contributed by atoms with van der Waals surface area (Å²) >= 11 is 0. The van der Waals surface area contributed by atoms with Crippen molar-refractivity contribution in [2.24, 2.45) is 0 Å². The average Bonchev–Trinajstić information content (AvgIpc) is 3.23. The summed E-state index contributed by atoms with van der Waals surface area (Å²) in [4.78, 5) is 38.5. The van der Waals surface area contributed by atoms with Crippen LogP contribution in [0.2, 0.25) is 0 Å². The fraction of sp³-hybridized carbons (Fsp3) is 0.423. The molecule has 15 heteroatoms. The number of hydrogen-bond acceptors (Lipinski definition) is 9. The molecule has 1 unspecified atom stereocenters. The van der Waals surface area contributed by atoms with E-state index in [0.717, 1.165) is 17.0 Å². The van der Waals surface area contributed by atoms with E-state index >= 15 is 0 Å². The van der Waals surface area contributed by atoms with Gasteiger partial charge in [0.1, 0.15) is 11.5 Å². The van der Waals surface area contributed by atoms with E-state index in [9.17, 15) is 36.0 Å². The molecule has 0 aromatic heterocycles. The highest BCUT2D eigenvalue weighted by molar-refractivity contribution is 7.93. The molecule has 2 saturated heterocycles. The molecule has 2 aromatic carbocycles. The van der Waals surface area contributed by atoms with Crippen LogP contribution >= 0.6 is 0 Å². The number of ether oxygens (including phenoxy) is 3. The van der Waals surface area contributed by atoms with Gasteiger partial charge in [-0.3, -0.25) is 24.5 Å². The maximum atomic E-state index is 13.3. The average molecular weight is 601 g/mol. The first-order valence-corrected chi connectivity index (χ1v) is 14.1. The Bertz CT molecular complexity index is 1390. The molecule has 3 amide bonds. The van der Waals surface area contributed by atoms with Crippen molar-refractivity contribution in [1.29, 1.82) is 0 Å². The topological polar surface area (TPSA) is 149 Å². The summed E-state index contributed by atoms with van der Waals surface area (Å²) in [6.45, 7) is 0.155. The number of hydrogen-bond donors (Lipinski definition) is 2. The summed E-state index contributed by atoms with van der Waals surface area (Å²) in [6.07, 6.45) is -5.09. The Hall–Kier alpha value is -3.69. The summed E-state index contributed by atoms with van der Waals surface area (Å²) in [5.74, 6) is -3.15. The molecule has 4 rings (SSSR count). The van der Waals surface area contributed by atoms with Crippen molar-refractivity contribution >= 4 is 27.6 Å². The summed E-state index contributed by atoms with van der Waals surface area (Å²) in [7, 11) is -4.19. The number of hydroxylamine groups is 1. The Balaban J connectivity index is 1.33. The second-order valence-corrected chi connectivity index (χ2v) is 11.7. The van der Waals surface area contributed by atoms with E-state index < -0.39 is 50.3 Å². The number of rotatable bonds is 10. The van der Waals surface area contributed by atoms with Gasteiger partial charge in [-0.1, -0.05) is 12.1 Å². The lowest BCUT2D eigenvalue weighted by molar-refractivity contribution is -0.274. The number of carbonyl (C=O) groups is 3. The zero-order chi connectivity index (χ0) is 29.8. The Morgan fingerprint density at radius 1 is 1.10 bits per heavy atom. The molecule has 2 heterocycles. The second-order valence-electron chi connectivity index (χ2n) is 9.49. The van der Waals surface area contributed by atoms with Crippen LogP contribution < -0.4 is 15.0 Å². The van der Waals surface area contributed by atoms with Crippen LogP contribution in [-0.2, 0) is 29.0 Å². The van der Waals surface area contributed by atoms with Gasteiger partial charge in [0, 0.05) is 26.2 Å². The summed E-state index contributed by atoms with van der Waals surface area (Å²) in [5, 5.41) is 9.15. The lowest BCUT2D eigenvalue weighted by Gasteiger charge is -2.34. The Morgan fingerprint density at radius 3 is 2.41 bits per heavy atom. The molecule has 0 bridgehead atoms. The van der Waals surface area contributed by atoms with E-state index in [1.807, 2.05) is 0 Å². The van der Waals surface area contributed by atoms with Crippen molar-refractivity contribution in [1.82, 2.24) is 10.4 Å². The molecule has 0 spiro atoms. The van der Waals surface area contributed by atoms with Gasteiger partial charge in [-0.25, -0.2) is 13.9 Å². The van der Waals surface area contributed by atoms with Crippen molar-refractivity contribution in [2.45, 2.75) is 47.6 Å². The van der Waals surface area contributed by atoms with Gasteiger partial charge in [-0.05, 0) is 61.2 Å². The maximum Gasteiger partial charge on any atom is 0.573 e. The molecule has 222 valence electrons. The van der Waals surface area contributed by atoms with Crippen molar-refractivity contribution in [3.63, 3.8) is 0 Å². The predicted molar refractivity (Wildman–Crippen MR) is 134 cm³/mol. The highest BCUT2D eigenvalue weighted by Gasteiger charge is 2.52. The Labute approximate surface area is 233 Å². The van der Waals surface area contributed by atoms with E-state index in [4.69, 9.17) is 14.7 Å². The van der Waals surface area contributed by atoms with Gasteiger partial charge in [0.15, 0.2) is 14.6 Å². The first-order valence-electron chi connectivity index (χ1n) is 12.6. The number of likely N-dealkylation sites (tertiary alicyclic amines) is 1. The monoisotopic (exact) mass is 600 g/mol. The highest BCUT2D eigenvalue weighted by Crippen LogP contribution is 2.36. The van der Waals surface area contributed by atoms with E-state index in [2.05, 4.69) is 4.74 Å². The van der Waals surface area contributed by atoms with E-state index in [1.165, 1.54) is 41.9 Å². The number of alkyl halides is 3. The zero-order valence-electron chi connectivity index (χ0n) is 21.6. The quantitative estimate of drug-likeness (QED) is 0.182. The largest absolute Gasteiger partial charge is 0.573 e. The van der Waals surface area contributed by atoms with Crippen LogP contribution in [0.5, 0.6) is 11.5 Å². The van der Waals surface area contributed by atoms with Crippen LogP contribution in [-0.4, -0.2) is 73.7 Å². The SMILES string of the molecule is O=C1CC(c2cccc(OC(F)(F)F)c2)C(=O)N1CCCOc1ccc(S(=O)(=O)C2(C(=O)NO)CCOCC2)cc1. The molecule has 41 heavy (non-hydrogen) atoms. The second kappa shape index (κ2) is 12.0. The fourth-order valence-electron chi connectivity index (χ4n) is 4.88. The lowest BCUT2D eigenvalue weighted by atomic mass is 9.97. The van der Waals surface area contributed by atoms with Crippen LogP contribution in [0.25, 0.3) is 0 Å². The number of amides is 3. The molecule has 2 aliphatic rings. The summed E-state index contributed by atoms with van der Waals surface area (Å²) in [6, 6.07) is 10.3. The number of carbonyl (C=O) groups excluding carboxylic acids is 3. The van der Waals surface area contributed by atoms with Crippen LogP contribution in [0.3, 0.4) is 0 Å². The van der Waals surface area contributed by atoms with Gasteiger partial charge in [-0.15, -0.1) is 13.2 Å². The number of imide groups is 1. The number of halogens is 3. The van der Waals surface area contributed by atoms with E-state index in [-0.39, 0.29) is 62.5 Å². The third-order valence-electron chi connectivity index (χ3n) is 7.00. The van der Waals surface area contributed by atoms with Gasteiger partial charge in [0.2, 0.25) is 11.8 Å². The lowest BCUT2D eigenvalue weighted by Crippen LogP contribution is -2.54. The molecular formula is C26H27F3N2O9S. The first-order chi connectivity index (χ1) is 19.4. The summed E-state index contributed by atoms with van der Waals surface area (Å²) < 4.78 is 77.0. The van der Waals surface area contributed by atoms with E-state index in [1.54, 1.807) is 0 Å². The van der Waals surface area contributed by atoms with Crippen LogP contribution in [0.15, 0.2) is 53.4 Å². The highest BCUT2D eigenvalue weighted by atomic mass is 32.2. The molecule has 2 fully saturated rings. The smallest absolute Gasteiger partial charge is 0.494 e. The van der Waals surface area contributed by atoms with Crippen LogP contribution in [0, 0.1) is 0 Å². The number of benzene rings is 2. The molecule has 1 atom stereocenters. The molecule has 2 aliphatic heterocycles. The number of nitrogens with zero attached hydrogens (tertiary/aromatic N) is 1. The standard InChI is InChI=1S/C26H27F3N2O9S/c27-26(28,29)40-19-4-1-3-17(15-19)21-16-22(32)31(23(21)33)11-2-12-39-18-5-7-20(8-6-18)41(36,37)25(24(34)30-35)9-13-38-14-10-25/h1,3-8,15,21,35H,2,9-14,16H2,(H,30,34). The molecule has 0 saturated carbocycles. The van der Waals surface area contributed by atoms with Crippen molar-refractivity contribution < 1.29 is 55.4 Å². The molecule has 11 nitrogen and oxygen atoms in total. The molecule has 2 N–H and O–H groups in total. The maximum absolute atomic E-state index is 13.3. The third kappa shape index (κ3) is 6.47. The van der Waals surface area contributed by atoms with E-state index in [0.29, 0.717) is 5.75 Å². The Morgan fingerprint density at radius 2 is 1.78 bits per heavy atom. The third-order valence-corrected chi connectivity index (χ3v) is 9.51. The van der Waals surface area contributed by atoms with Gasteiger partial charge >= 0.3 is 6.36 Å².